The molecular weight excluding hydrogens is 216 g/mol. The first-order chi connectivity index (χ1) is 7.47. The van der Waals surface area contributed by atoms with Gasteiger partial charge in [-0.25, -0.2) is 0 Å². The zero-order chi connectivity index (χ0) is 12.3. The molecule has 0 fully saturated rings. The molecule has 0 aliphatic rings. The Morgan fingerprint density at radius 2 is 2.12 bits per heavy atom. The number of hydrogen-bond acceptors (Lipinski definition) is 2. The van der Waals surface area contributed by atoms with Crippen LogP contribution in [0.1, 0.15) is 31.4 Å². The lowest BCUT2D eigenvalue weighted by Crippen LogP contribution is -2.30. The van der Waals surface area contributed by atoms with Gasteiger partial charge in [0, 0.05) is 24.3 Å². The summed E-state index contributed by atoms with van der Waals surface area (Å²) in [7, 11) is 2.08. The maximum absolute atomic E-state index is 5.77. The molecule has 0 spiro atoms. The van der Waals surface area contributed by atoms with Crippen molar-refractivity contribution in [1.82, 2.24) is 0 Å². The van der Waals surface area contributed by atoms with E-state index in [1.807, 2.05) is 0 Å². The molecule has 88 valence electrons. The molecule has 1 unspecified atom stereocenters. The van der Waals surface area contributed by atoms with Crippen LogP contribution < -0.4 is 10.6 Å². The molecule has 0 heterocycles. The number of anilines is 1. The minimum Gasteiger partial charge on any atom is -0.389 e. The van der Waals surface area contributed by atoms with Gasteiger partial charge in [-0.2, -0.15) is 0 Å². The first-order valence-electron chi connectivity index (χ1n) is 5.60. The summed E-state index contributed by atoms with van der Waals surface area (Å²) in [5.41, 5.74) is 9.04. The molecule has 0 radical (unpaired) electrons. The Labute approximate surface area is 103 Å². The summed E-state index contributed by atoms with van der Waals surface area (Å²) < 4.78 is 0. The minimum absolute atomic E-state index is 0.467. The standard InChI is InChI=1S/C13H20N2S/c1-5-10(3)15(4)12-7-6-9(2)8-11(12)13(14)16/h6-8,10H,5H2,1-4H3,(H2,14,16). The molecule has 1 aromatic rings. The van der Waals surface area contributed by atoms with Gasteiger partial charge in [0.1, 0.15) is 4.99 Å². The number of rotatable bonds is 4. The largest absolute Gasteiger partial charge is 0.389 e. The van der Waals surface area contributed by atoms with Crippen molar-refractivity contribution < 1.29 is 0 Å². The third-order valence-corrected chi connectivity index (χ3v) is 3.27. The third kappa shape index (κ3) is 2.73. The van der Waals surface area contributed by atoms with E-state index in [-0.39, 0.29) is 0 Å². The molecule has 1 rings (SSSR count). The van der Waals surface area contributed by atoms with Gasteiger partial charge in [-0.1, -0.05) is 30.8 Å². The van der Waals surface area contributed by atoms with Crippen molar-refractivity contribution in [2.24, 2.45) is 5.73 Å². The summed E-state index contributed by atoms with van der Waals surface area (Å²) in [6.07, 6.45) is 1.10. The first-order valence-corrected chi connectivity index (χ1v) is 6.01. The predicted octanol–water partition coefficient (Wildman–Crippen LogP) is 2.86. The zero-order valence-electron chi connectivity index (χ0n) is 10.4. The third-order valence-electron chi connectivity index (χ3n) is 3.05. The van der Waals surface area contributed by atoms with Crippen LogP contribution in [0.25, 0.3) is 0 Å². The number of hydrogen-bond donors (Lipinski definition) is 1. The van der Waals surface area contributed by atoms with Crippen molar-refractivity contribution in [3.05, 3.63) is 29.3 Å². The summed E-state index contributed by atoms with van der Waals surface area (Å²) in [5, 5.41) is 0. The van der Waals surface area contributed by atoms with E-state index in [1.165, 1.54) is 5.56 Å². The monoisotopic (exact) mass is 236 g/mol. The summed E-state index contributed by atoms with van der Waals surface area (Å²) in [6.45, 7) is 6.42. The van der Waals surface area contributed by atoms with Crippen LogP contribution >= 0.6 is 12.2 Å². The van der Waals surface area contributed by atoms with Crippen LogP contribution in [-0.4, -0.2) is 18.1 Å². The summed E-state index contributed by atoms with van der Waals surface area (Å²) in [5.74, 6) is 0. The molecule has 0 saturated heterocycles. The lowest BCUT2D eigenvalue weighted by atomic mass is 10.1. The number of nitrogens with two attached hydrogens (primary N) is 1. The Kier molecular flexibility index (Phi) is 4.30. The second-order valence-corrected chi connectivity index (χ2v) is 4.69. The Morgan fingerprint density at radius 3 is 2.62 bits per heavy atom. The molecule has 0 aromatic heterocycles. The van der Waals surface area contributed by atoms with Gasteiger partial charge in [-0.05, 0) is 32.4 Å². The molecule has 0 saturated carbocycles. The van der Waals surface area contributed by atoms with Crippen molar-refractivity contribution in [2.75, 3.05) is 11.9 Å². The molecular formula is C13H20N2S. The summed E-state index contributed by atoms with van der Waals surface area (Å²) in [6, 6.07) is 6.72. The number of benzene rings is 1. The second kappa shape index (κ2) is 5.30. The highest BCUT2D eigenvalue weighted by Crippen LogP contribution is 2.23. The van der Waals surface area contributed by atoms with Crippen molar-refractivity contribution in [1.29, 1.82) is 0 Å². The Morgan fingerprint density at radius 1 is 1.50 bits per heavy atom. The van der Waals surface area contributed by atoms with Gasteiger partial charge in [0.25, 0.3) is 0 Å². The average Bonchev–Trinajstić information content (AvgIpc) is 2.26. The van der Waals surface area contributed by atoms with Crippen LogP contribution in [0.5, 0.6) is 0 Å². The smallest absolute Gasteiger partial charge is 0.106 e. The van der Waals surface area contributed by atoms with Crippen molar-refractivity contribution in [3.63, 3.8) is 0 Å². The van der Waals surface area contributed by atoms with Crippen LogP contribution in [-0.2, 0) is 0 Å². The number of thiocarbonyl (C=S) groups is 1. The van der Waals surface area contributed by atoms with E-state index in [4.69, 9.17) is 18.0 Å². The van der Waals surface area contributed by atoms with Gasteiger partial charge in [-0.3, -0.25) is 0 Å². The van der Waals surface area contributed by atoms with Gasteiger partial charge in [0.15, 0.2) is 0 Å². The summed E-state index contributed by atoms with van der Waals surface area (Å²) >= 11 is 5.10. The molecule has 1 atom stereocenters. The van der Waals surface area contributed by atoms with E-state index in [0.717, 1.165) is 17.7 Å². The van der Waals surface area contributed by atoms with Gasteiger partial charge in [0.2, 0.25) is 0 Å². The molecule has 0 aliphatic carbocycles. The maximum Gasteiger partial charge on any atom is 0.106 e. The van der Waals surface area contributed by atoms with Gasteiger partial charge < -0.3 is 10.6 Å². The fraction of sp³-hybridized carbons (Fsp3) is 0.462. The molecule has 1 aromatic carbocycles. The van der Waals surface area contributed by atoms with E-state index in [2.05, 4.69) is 50.9 Å². The van der Waals surface area contributed by atoms with Crippen LogP contribution in [0.2, 0.25) is 0 Å². The van der Waals surface area contributed by atoms with E-state index >= 15 is 0 Å². The topological polar surface area (TPSA) is 29.3 Å². The summed E-state index contributed by atoms with van der Waals surface area (Å²) in [4.78, 5) is 2.70. The zero-order valence-corrected chi connectivity index (χ0v) is 11.3. The normalized spacial score (nSPS) is 12.2. The molecule has 0 bridgehead atoms. The fourth-order valence-corrected chi connectivity index (χ4v) is 1.83. The second-order valence-electron chi connectivity index (χ2n) is 4.25. The minimum atomic E-state index is 0.467. The van der Waals surface area contributed by atoms with Crippen LogP contribution in [0, 0.1) is 6.92 Å². The molecule has 0 aliphatic heterocycles. The molecule has 2 N–H and O–H groups in total. The van der Waals surface area contributed by atoms with E-state index in [1.54, 1.807) is 0 Å². The molecule has 2 nitrogen and oxygen atoms in total. The van der Waals surface area contributed by atoms with Gasteiger partial charge >= 0.3 is 0 Å². The highest BCUT2D eigenvalue weighted by Gasteiger charge is 2.13. The SMILES string of the molecule is CCC(C)N(C)c1ccc(C)cc1C(N)=S. The van der Waals surface area contributed by atoms with Crippen LogP contribution in [0.3, 0.4) is 0 Å². The van der Waals surface area contributed by atoms with E-state index in [0.29, 0.717) is 11.0 Å². The molecule has 3 heteroatoms. The maximum atomic E-state index is 5.77. The molecule has 16 heavy (non-hydrogen) atoms. The van der Waals surface area contributed by atoms with E-state index in [9.17, 15) is 0 Å². The van der Waals surface area contributed by atoms with Gasteiger partial charge in [0.05, 0.1) is 0 Å². The highest BCUT2D eigenvalue weighted by atomic mass is 32.1. The van der Waals surface area contributed by atoms with Crippen molar-refractivity contribution in [3.8, 4) is 0 Å². The van der Waals surface area contributed by atoms with Crippen LogP contribution in [0.4, 0.5) is 5.69 Å². The fourth-order valence-electron chi connectivity index (χ4n) is 1.67. The Balaban J connectivity index is 3.17. The lowest BCUT2D eigenvalue weighted by Gasteiger charge is -2.28. The Hall–Kier alpha value is -1.09. The molecule has 0 amide bonds. The Bertz CT molecular complexity index is 388. The van der Waals surface area contributed by atoms with Crippen molar-refractivity contribution in [2.45, 2.75) is 33.2 Å². The highest BCUT2D eigenvalue weighted by molar-refractivity contribution is 7.80. The quantitative estimate of drug-likeness (QED) is 0.815. The average molecular weight is 236 g/mol. The number of nitrogens with zero attached hydrogens (tertiary/aromatic N) is 1. The van der Waals surface area contributed by atoms with E-state index < -0.39 is 0 Å². The van der Waals surface area contributed by atoms with Gasteiger partial charge in [-0.15, -0.1) is 0 Å². The first kappa shape index (κ1) is 13.0. The van der Waals surface area contributed by atoms with Crippen LogP contribution in [0.15, 0.2) is 18.2 Å². The predicted molar refractivity (Wildman–Crippen MR) is 75.2 cm³/mol. The number of aryl methyl sites for hydroxylation is 1. The lowest BCUT2D eigenvalue weighted by molar-refractivity contribution is 0.663. The van der Waals surface area contributed by atoms with Crippen molar-refractivity contribution >= 4 is 22.9 Å².